The molecule has 1 aliphatic carbocycles. The molecule has 4 rings (SSSR count). The number of carbonyl (C=O) groups excluding carboxylic acids is 1. The van der Waals surface area contributed by atoms with Crippen LogP contribution in [0.4, 0.5) is 0 Å². The fourth-order valence-electron chi connectivity index (χ4n) is 4.94. The van der Waals surface area contributed by atoms with Crippen molar-refractivity contribution < 1.29 is 4.79 Å². The lowest BCUT2D eigenvalue weighted by molar-refractivity contribution is -0.138. The zero-order valence-electron chi connectivity index (χ0n) is 17.0. The van der Waals surface area contributed by atoms with Gasteiger partial charge in [0.2, 0.25) is 5.91 Å². The third-order valence-electron chi connectivity index (χ3n) is 6.46. The average Bonchev–Trinajstić information content (AvgIpc) is 2.72. The summed E-state index contributed by atoms with van der Waals surface area (Å²) >= 11 is 6.05. The lowest BCUT2D eigenvalue weighted by atomic mass is 9.78. The predicted molar refractivity (Wildman–Crippen MR) is 115 cm³/mol. The first-order valence-electron chi connectivity index (χ1n) is 10.8. The summed E-state index contributed by atoms with van der Waals surface area (Å²) in [5.74, 6) is 1.45. The van der Waals surface area contributed by atoms with E-state index < -0.39 is 0 Å². The third-order valence-corrected chi connectivity index (χ3v) is 6.70. The van der Waals surface area contributed by atoms with E-state index >= 15 is 0 Å². The monoisotopic (exact) mass is 416 g/mol. The number of benzene rings is 1. The van der Waals surface area contributed by atoms with Gasteiger partial charge in [-0.25, -0.2) is 4.98 Å². The van der Waals surface area contributed by atoms with Crippen molar-refractivity contribution in [2.45, 2.75) is 58.0 Å². The Bertz CT molecular complexity index is 942. The number of aromatic amines is 1. The lowest BCUT2D eigenvalue weighted by Gasteiger charge is -2.44. The second-order valence-corrected chi connectivity index (χ2v) is 8.76. The molecule has 2 heterocycles. The number of halogens is 1. The van der Waals surface area contributed by atoms with Crippen LogP contribution in [0.25, 0.3) is 10.9 Å². The van der Waals surface area contributed by atoms with Crippen LogP contribution in [-0.2, 0) is 11.3 Å². The predicted octanol–water partition coefficient (Wildman–Crippen LogP) is 3.58. The van der Waals surface area contributed by atoms with Gasteiger partial charge in [-0.3, -0.25) is 14.5 Å². The summed E-state index contributed by atoms with van der Waals surface area (Å²) in [4.78, 5) is 37.1. The largest absolute Gasteiger partial charge is 0.338 e. The maximum atomic E-state index is 13.1. The Morgan fingerprint density at radius 1 is 1.28 bits per heavy atom. The molecule has 1 aromatic heterocycles. The van der Waals surface area contributed by atoms with E-state index in [1.54, 1.807) is 18.2 Å². The molecule has 7 heteroatoms. The van der Waals surface area contributed by atoms with Crippen molar-refractivity contribution in [3.05, 3.63) is 39.4 Å². The number of piperidine rings is 1. The Labute approximate surface area is 176 Å². The smallest absolute Gasteiger partial charge is 0.258 e. The number of hydrogen-bond acceptors (Lipinski definition) is 4. The lowest BCUT2D eigenvalue weighted by Crippen LogP contribution is -2.52. The molecule has 1 saturated heterocycles. The van der Waals surface area contributed by atoms with Gasteiger partial charge in [-0.15, -0.1) is 0 Å². The summed E-state index contributed by atoms with van der Waals surface area (Å²) < 4.78 is 0. The van der Waals surface area contributed by atoms with E-state index in [4.69, 9.17) is 11.6 Å². The van der Waals surface area contributed by atoms with Gasteiger partial charge in [0.05, 0.1) is 24.0 Å². The van der Waals surface area contributed by atoms with Gasteiger partial charge >= 0.3 is 0 Å². The van der Waals surface area contributed by atoms with Crippen LogP contribution in [0.3, 0.4) is 0 Å². The molecule has 29 heavy (non-hydrogen) atoms. The van der Waals surface area contributed by atoms with Crippen molar-refractivity contribution >= 4 is 28.4 Å². The zero-order chi connectivity index (χ0) is 20.4. The number of likely N-dealkylation sites (N-methyl/N-ethyl adjacent to an activating group) is 1. The van der Waals surface area contributed by atoms with Crippen LogP contribution >= 0.6 is 11.6 Å². The van der Waals surface area contributed by atoms with E-state index in [1.807, 2.05) is 11.8 Å². The number of rotatable bonds is 5. The van der Waals surface area contributed by atoms with Gasteiger partial charge in [0, 0.05) is 17.6 Å². The Hall–Kier alpha value is -1.92. The van der Waals surface area contributed by atoms with Crippen molar-refractivity contribution in [2.75, 3.05) is 19.6 Å². The molecule has 156 valence electrons. The molecule has 2 fully saturated rings. The second-order valence-electron chi connectivity index (χ2n) is 8.32. The molecule has 1 aromatic carbocycles. The Morgan fingerprint density at radius 2 is 2.07 bits per heavy atom. The first-order valence-corrected chi connectivity index (χ1v) is 11.1. The molecule has 0 spiro atoms. The van der Waals surface area contributed by atoms with Gasteiger partial charge in [-0.1, -0.05) is 31.4 Å². The Balaban J connectivity index is 1.47. The number of nitrogens with one attached hydrogen (secondary N) is 1. The van der Waals surface area contributed by atoms with E-state index in [2.05, 4.69) is 14.9 Å². The van der Waals surface area contributed by atoms with Crippen LogP contribution in [0.15, 0.2) is 23.0 Å². The van der Waals surface area contributed by atoms with Crippen molar-refractivity contribution in [3.8, 4) is 0 Å². The standard InChI is InChI=1S/C22H29ClN4O2/c1-2-26(13-20-24-18-12-16(23)9-10-17(18)22(29)25-20)14-21(28)27-11-5-7-15-6-3-4-8-19(15)27/h9-10,12,15,19H,2-8,11,13-14H2,1H3,(H,24,25,29)/t15-,19-/m0/s1. The molecular weight excluding hydrogens is 388 g/mol. The molecule has 2 atom stereocenters. The van der Waals surface area contributed by atoms with Crippen molar-refractivity contribution in [1.29, 1.82) is 0 Å². The molecule has 2 aromatic rings. The minimum atomic E-state index is -0.176. The average molecular weight is 417 g/mol. The maximum absolute atomic E-state index is 13.1. The molecule has 6 nitrogen and oxygen atoms in total. The second kappa shape index (κ2) is 8.84. The van der Waals surface area contributed by atoms with Gasteiger partial charge in [0.1, 0.15) is 5.82 Å². The molecule has 2 aliphatic rings. The highest BCUT2D eigenvalue weighted by atomic mass is 35.5. The van der Waals surface area contributed by atoms with Crippen molar-refractivity contribution in [3.63, 3.8) is 0 Å². The molecule has 1 amide bonds. The van der Waals surface area contributed by atoms with E-state index in [0.29, 0.717) is 53.3 Å². The molecule has 0 bridgehead atoms. The Kier molecular flexibility index (Phi) is 6.20. The number of aromatic nitrogens is 2. The number of nitrogens with zero attached hydrogens (tertiary/aromatic N) is 3. The van der Waals surface area contributed by atoms with Crippen LogP contribution in [-0.4, -0.2) is 51.4 Å². The summed E-state index contributed by atoms with van der Waals surface area (Å²) in [6, 6.07) is 5.50. The minimum absolute atomic E-state index is 0.176. The number of amides is 1. The number of likely N-dealkylation sites (tertiary alicyclic amines) is 1. The molecule has 0 unspecified atom stereocenters. The van der Waals surface area contributed by atoms with Crippen molar-refractivity contribution in [2.24, 2.45) is 5.92 Å². The fourth-order valence-corrected chi connectivity index (χ4v) is 5.11. The summed E-state index contributed by atoms with van der Waals surface area (Å²) in [7, 11) is 0. The van der Waals surface area contributed by atoms with Crippen LogP contribution in [0.2, 0.25) is 5.02 Å². The number of hydrogen-bond donors (Lipinski definition) is 1. The SMILES string of the molecule is CCN(CC(=O)N1CCC[C@@H]2CCCC[C@@H]21)Cc1nc2cc(Cl)ccc2c(=O)[nH]1. The summed E-state index contributed by atoms with van der Waals surface area (Å²) in [5.41, 5.74) is 0.407. The normalized spacial score (nSPS) is 22.1. The first-order chi connectivity index (χ1) is 14.0. The third kappa shape index (κ3) is 4.48. The van der Waals surface area contributed by atoms with E-state index in [9.17, 15) is 9.59 Å². The topological polar surface area (TPSA) is 69.3 Å². The number of carbonyl (C=O) groups is 1. The minimum Gasteiger partial charge on any atom is -0.338 e. The van der Waals surface area contributed by atoms with Gasteiger partial charge in [-0.2, -0.15) is 0 Å². The van der Waals surface area contributed by atoms with Crippen LogP contribution < -0.4 is 5.56 Å². The van der Waals surface area contributed by atoms with E-state index in [1.165, 1.54) is 25.7 Å². The van der Waals surface area contributed by atoms with E-state index in [0.717, 1.165) is 19.4 Å². The summed E-state index contributed by atoms with van der Waals surface area (Å²) in [5, 5.41) is 1.07. The van der Waals surface area contributed by atoms with Gasteiger partial charge in [0.15, 0.2) is 0 Å². The summed E-state index contributed by atoms with van der Waals surface area (Å²) in [6.45, 7) is 4.41. The molecule has 1 N–H and O–H groups in total. The van der Waals surface area contributed by atoms with Gasteiger partial charge in [0.25, 0.3) is 5.56 Å². The molecule has 0 radical (unpaired) electrons. The highest BCUT2D eigenvalue weighted by Gasteiger charge is 2.35. The van der Waals surface area contributed by atoms with E-state index in [-0.39, 0.29) is 11.5 Å². The fraction of sp³-hybridized carbons (Fsp3) is 0.591. The maximum Gasteiger partial charge on any atom is 0.258 e. The molecular formula is C22H29ClN4O2. The first kappa shape index (κ1) is 20.4. The van der Waals surface area contributed by atoms with Crippen LogP contribution in [0, 0.1) is 5.92 Å². The Morgan fingerprint density at radius 3 is 2.90 bits per heavy atom. The highest BCUT2D eigenvalue weighted by Crippen LogP contribution is 2.35. The van der Waals surface area contributed by atoms with Gasteiger partial charge < -0.3 is 9.88 Å². The number of fused-ring (bicyclic) bond motifs is 2. The molecule has 1 saturated carbocycles. The summed E-state index contributed by atoms with van der Waals surface area (Å²) in [6.07, 6.45) is 7.30. The number of H-pyrrole nitrogens is 1. The van der Waals surface area contributed by atoms with Crippen LogP contribution in [0.1, 0.15) is 51.3 Å². The highest BCUT2D eigenvalue weighted by molar-refractivity contribution is 6.31. The van der Waals surface area contributed by atoms with Crippen molar-refractivity contribution in [1.82, 2.24) is 19.8 Å². The molecule has 1 aliphatic heterocycles. The van der Waals surface area contributed by atoms with Crippen LogP contribution in [0.5, 0.6) is 0 Å². The zero-order valence-corrected chi connectivity index (χ0v) is 17.7. The van der Waals surface area contributed by atoms with Gasteiger partial charge in [-0.05, 0) is 56.3 Å². The quantitative estimate of drug-likeness (QED) is 0.808.